The van der Waals surface area contributed by atoms with Crippen LogP contribution in [0.3, 0.4) is 0 Å². The summed E-state index contributed by atoms with van der Waals surface area (Å²) in [6.07, 6.45) is 3.90. The van der Waals surface area contributed by atoms with Crippen molar-refractivity contribution in [2.24, 2.45) is 7.05 Å². The van der Waals surface area contributed by atoms with Crippen LogP contribution in [0.5, 0.6) is 0 Å². The van der Waals surface area contributed by atoms with Gasteiger partial charge in [0.05, 0.1) is 24.1 Å². The molecule has 0 saturated carbocycles. The van der Waals surface area contributed by atoms with E-state index in [1.807, 2.05) is 55.3 Å². The first-order chi connectivity index (χ1) is 14.5. The van der Waals surface area contributed by atoms with Gasteiger partial charge in [-0.3, -0.25) is 9.25 Å². The van der Waals surface area contributed by atoms with Crippen LogP contribution >= 0.6 is 0 Å². The van der Waals surface area contributed by atoms with Gasteiger partial charge in [0.1, 0.15) is 11.6 Å². The lowest BCUT2D eigenvalue weighted by Gasteiger charge is -2.27. The smallest absolute Gasteiger partial charge is 0.187 e. The van der Waals surface area contributed by atoms with Crippen molar-refractivity contribution >= 4 is 17.1 Å². The number of hydrogen-bond acceptors (Lipinski definition) is 4. The largest absolute Gasteiger partial charge is 0.339 e. The van der Waals surface area contributed by atoms with Gasteiger partial charge in [0.2, 0.25) is 0 Å². The van der Waals surface area contributed by atoms with Crippen LogP contribution in [0, 0.1) is 13.5 Å². The monoisotopic (exact) mass is 395 g/mol. The number of aromatic nitrogens is 5. The number of anilines is 2. The lowest BCUT2D eigenvalue weighted by molar-refractivity contribution is 0.696. The maximum absolute atomic E-state index is 7.24. The van der Waals surface area contributed by atoms with Crippen LogP contribution in [0.4, 0.5) is 17.1 Å². The van der Waals surface area contributed by atoms with Crippen LogP contribution in [0.25, 0.3) is 21.7 Å². The second-order valence-corrected chi connectivity index (χ2v) is 7.69. The average molecular weight is 395 g/mol. The number of rotatable bonds is 2. The van der Waals surface area contributed by atoms with Crippen LogP contribution in [0.2, 0.25) is 0 Å². The molecule has 1 aliphatic heterocycles. The molecular weight excluding hydrogens is 374 g/mol. The summed E-state index contributed by atoms with van der Waals surface area (Å²) in [5, 5.41) is 13.1. The van der Waals surface area contributed by atoms with Gasteiger partial charge in [-0.2, -0.15) is 5.10 Å². The van der Waals surface area contributed by atoms with Gasteiger partial charge in [-0.25, -0.2) is 4.85 Å². The summed E-state index contributed by atoms with van der Waals surface area (Å²) in [6, 6.07) is 14.2. The fraction of sp³-hybridized carbons (Fsp3) is 0.217. The summed E-state index contributed by atoms with van der Waals surface area (Å²) in [4.78, 5) is 5.83. The van der Waals surface area contributed by atoms with E-state index < -0.39 is 0 Å². The molecule has 0 N–H and O–H groups in total. The van der Waals surface area contributed by atoms with Crippen molar-refractivity contribution in [2.45, 2.75) is 19.8 Å². The van der Waals surface area contributed by atoms with Gasteiger partial charge in [-0.05, 0) is 36.8 Å². The van der Waals surface area contributed by atoms with Gasteiger partial charge in [0, 0.05) is 37.0 Å². The van der Waals surface area contributed by atoms with E-state index in [2.05, 4.69) is 54.7 Å². The highest BCUT2D eigenvalue weighted by Crippen LogP contribution is 2.40. The molecule has 0 amide bonds. The number of nitrogens with zero attached hydrogens (tertiary/aromatic N) is 7. The number of aryl methyl sites for hydroxylation is 2. The third-order valence-electron chi connectivity index (χ3n) is 5.58. The van der Waals surface area contributed by atoms with Crippen molar-refractivity contribution in [3.05, 3.63) is 77.9 Å². The maximum Gasteiger partial charge on any atom is 0.187 e. The predicted octanol–water partition coefficient (Wildman–Crippen LogP) is 4.78. The van der Waals surface area contributed by atoms with Gasteiger partial charge in [0.15, 0.2) is 5.69 Å². The molecule has 2 aromatic heterocycles. The molecule has 1 atom stereocenters. The van der Waals surface area contributed by atoms with Gasteiger partial charge >= 0.3 is 0 Å². The topological polar surface area (TPSA) is 56.1 Å². The Kier molecular flexibility index (Phi) is 4.14. The Labute approximate surface area is 175 Å². The summed E-state index contributed by atoms with van der Waals surface area (Å²) in [5.74, 6) is 2.02. The quantitative estimate of drug-likeness (QED) is 0.458. The third-order valence-corrected chi connectivity index (χ3v) is 5.58. The summed E-state index contributed by atoms with van der Waals surface area (Å²) in [5.41, 5.74) is 6.00. The fourth-order valence-electron chi connectivity index (χ4n) is 4.08. The summed E-state index contributed by atoms with van der Waals surface area (Å²) < 4.78 is 3.96. The minimum absolute atomic E-state index is 0.181. The molecular formula is C23H21N7. The first kappa shape index (κ1) is 18.1. The van der Waals surface area contributed by atoms with Crippen LogP contribution in [0.1, 0.15) is 24.5 Å². The number of benzene rings is 2. The molecule has 7 nitrogen and oxygen atoms in total. The molecule has 7 heteroatoms. The highest BCUT2D eigenvalue weighted by atomic mass is 15.3. The first-order valence-corrected chi connectivity index (χ1v) is 9.85. The first-order valence-electron chi connectivity index (χ1n) is 9.85. The van der Waals surface area contributed by atoms with Crippen LogP contribution in [-0.4, -0.2) is 31.1 Å². The van der Waals surface area contributed by atoms with Crippen LogP contribution in [-0.2, 0) is 7.05 Å². The van der Waals surface area contributed by atoms with E-state index >= 15 is 0 Å². The molecule has 2 aromatic carbocycles. The number of fused-ring (bicyclic) bond motifs is 3. The Morgan fingerprint density at radius 2 is 1.83 bits per heavy atom. The van der Waals surface area contributed by atoms with Crippen molar-refractivity contribution in [1.29, 1.82) is 0 Å². The summed E-state index contributed by atoms with van der Waals surface area (Å²) >= 11 is 0. The molecule has 0 fully saturated rings. The van der Waals surface area contributed by atoms with Crippen molar-refractivity contribution < 1.29 is 0 Å². The molecule has 3 heterocycles. The van der Waals surface area contributed by atoms with Crippen molar-refractivity contribution in [3.8, 4) is 16.8 Å². The zero-order valence-corrected chi connectivity index (χ0v) is 17.1. The third kappa shape index (κ3) is 2.85. The predicted molar refractivity (Wildman–Crippen MR) is 116 cm³/mol. The zero-order valence-electron chi connectivity index (χ0n) is 17.1. The number of hydrogen-bond donors (Lipinski definition) is 0. The Morgan fingerprint density at radius 1 is 1.03 bits per heavy atom. The highest BCUT2D eigenvalue weighted by Gasteiger charge is 2.28. The second kappa shape index (κ2) is 6.85. The van der Waals surface area contributed by atoms with E-state index in [0.717, 1.165) is 46.4 Å². The van der Waals surface area contributed by atoms with Gasteiger partial charge < -0.3 is 4.90 Å². The molecule has 148 valence electrons. The molecule has 0 radical (unpaired) electrons. The molecule has 0 bridgehead atoms. The molecule has 0 aliphatic carbocycles. The molecule has 4 aromatic rings. The van der Waals surface area contributed by atoms with Crippen LogP contribution in [0.15, 0.2) is 54.9 Å². The van der Waals surface area contributed by atoms with Gasteiger partial charge in [-0.1, -0.05) is 25.1 Å². The highest BCUT2D eigenvalue weighted by molar-refractivity contribution is 5.79. The Hall–Kier alpha value is -3.92. The average Bonchev–Trinajstić information content (AvgIpc) is 3.34. The van der Waals surface area contributed by atoms with Gasteiger partial charge in [-0.15, -0.1) is 10.2 Å². The van der Waals surface area contributed by atoms with Gasteiger partial charge in [0.25, 0.3) is 0 Å². The van der Waals surface area contributed by atoms with E-state index in [1.54, 1.807) is 0 Å². The normalized spacial score (nSPS) is 15.3. The molecule has 0 saturated heterocycles. The van der Waals surface area contributed by atoms with Crippen LogP contribution < -0.4 is 4.90 Å². The maximum atomic E-state index is 7.24. The van der Waals surface area contributed by atoms with E-state index in [-0.39, 0.29) is 5.92 Å². The standard InChI is InChI=1S/C23H21N7/c1-15-13-29(20-8-6-19(24-3)7-9-20)22-11-17(18-12-25-28(4)14-18)5-10-21(22)30-16(2)26-27-23(15)30/h5-12,14-15H,13H2,1-2,4H3/t15-/m1/s1. The Bertz CT molecular complexity index is 1270. The molecule has 30 heavy (non-hydrogen) atoms. The fourth-order valence-corrected chi connectivity index (χ4v) is 4.08. The minimum Gasteiger partial charge on any atom is -0.339 e. The summed E-state index contributed by atoms with van der Waals surface area (Å²) in [6.45, 7) is 12.2. The van der Waals surface area contributed by atoms with E-state index in [0.29, 0.717) is 5.69 Å². The molecule has 0 unspecified atom stereocenters. The molecule has 1 aliphatic rings. The zero-order chi connectivity index (χ0) is 20.8. The van der Waals surface area contributed by atoms with E-state index in [1.165, 1.54) is 0 Å². The summed E-state index contributed by atoms with van der Waals surface area (Å²) in [7, 11) is 1.92. The van der Waals surface area contributed by atoms with Crippen molar-refractivity contribution in [2.75, 3.05) is 11.4 Å². The Morgan fingerprint density at radius 3 is 2.53 bits per heavy atom. The van der Waals surface area contributed by atoms with E-state index in [4.69, 9.17) is 6.57 Å². The lowest BCUT2D eigenvalue weighted by Crippen LogP contribution is -2.21. The van der Waals surface area contributed by atoms with E-state index in [9.17, 15) is 0 Å². The Balaban J connectivity index is 1.73. The lowest BCUT2D eigenvalue weighted by atomic mass is 10.1. The molecule has 0 spiro atoms. The SMILES string of the molecule is [C-]#[N+]c1ccc(N2C[C@@H](C)c3nnc(C)n3-c3ccc(-c4cnn(C)c4)cc32)cc1. The van der Waals surface area contributed by atoms with Crippen molar-refractivity contribution in [3.63, 3.8) is 0 Å². The molecule has 5 rings (SSSR count). The minimum atomic E-state index is 0.181. The second-order valence-electron chi connectivity index (χ2n) is 7.69. The van der Waals surface area contributed by atoms with Crippen molar-refractivity contribution in [1.82, 2.24) is 24.5 Å².